The topological polar surface area (TPSA) is 82.5 Å². The molecule has 0 bridgehead atoms. The van der Waals surface area contributed by atoms with Crippen LogP contribution >= 0.6 is 0 Å². The molecule has 2 aliphatic rings. The molecule has 2 aromatic carbocycles. The molecule has 0 radical (unpaired) electrons. The van der Waals surface area contributed by atoms with Crippen LogP contribution in [0.3, 0.4) is 0 Å². The summed E-state index contributed by atoms with van der Waals surface area (Å²) in [7, 11) is -3.54. The van der Waals surface area contributed by atoms with E-state index in [9.17, 15) is 17.9 Å². The SMILES string of the molecule is O=S(=O)(c1ccc(OC[C@H](O)CN2CCN(c3ccc(F)cc3)CC2)cc1)N1CCOCC1. The van der Waals surface area contributed by atoms with E-state index in [0.29, 0.717) is 38.6 Å². The van der Waals surface area contributed by atoms with Crippen LogP contribution in [-0.2, 0) is 14.8 Å². The maximum atomic E-state index is 13.1. The van der Waals surface area contributed by atoms with Crippen LogP contribution in [0, 0.1) is 5.82 Å². The Bertz CT molecular complexity index is 990. The third-order valence-electron chi connectivity index (χ3n) is 5.91. The van der Waals surface area contributed by atoms with E-state index >= 15 is 0 Å². The number of rotatable bonds is 8. The van der Waals surface area contributed by atoms with E-state index in [1.54, 1.807) is 24.3 Å². The predicted octanol–water partition coefficient (Wildman–Crippen LogP) is 1.41. The average Bonchev–Trinajstić information content (AvgIpc) is 2.85. The zero-order valence-corrected chi connectivity index (χ0v) is 19.3. The number of morpholine rings is 1. The fourth-order valence-electron chi connectivity index (χ4n) is 4.03. The van der Waals surface area contributed by atoms with Gasteiger partial charge in [-0.1, -0.05) is 0 Å². The number of nitrogens with zero attached hydrogens (tertiary/aromatic N) is 3. The molecule has 4 rings (SSSR count). The monoisotopic (exact) mass is 479 g/mol. The van der Waals surface area contributed by atoms with E-state index in [0.717, 1.165) is 31.9 Å². The molecule has 2 aromatic rings. The van der Waals surface area contributed by atoms with E-state index in [4.69, 9.17) is 9.47 Å². The molecule has 0 aromatic heterocycles. The van der Waals surface area contributed by atoms with Crippen LogP contribution in [0.5, 0.6) is 5.75 Å². The summed E-state index contributed by atoms with van der Waals surface area (Å²) in [5, 5.41) is 10.4. The molecule has 0 unspecified atom stereocenters. The number of aliphatic hydroxyl groups is 1. The Morgan fingerprint density at radius 2 is 1.58 bits per heavy atom. The lowest BCUT2D eigenvalue weighted by Gasteiger charge is -2.36. The molecule has 2 aliphatic heterocycles. The molecule has 2 heterocycles. The van der Waals surface area contributed by atoms with Gasteiger partial charge in [0.1, 0.15) is 24.3 Å². The molecular weight excluding hydrogens is 449 g/mol. The summed E-state index contributed by atoms with van der Waals surface area (Å²) >= 11 is 0. The number of β-amino-alcohol motifs (C(OH)–C–C–N with tert-alkyl or cyclic N) is 1. The van der Waals surface area contributed by atoms with Crippen molar-refractivity contribution in [3.63, 3.8) is 0 Å². The maximum Gasteiger partial charge on any atom is 0.243 e. The molecule has 180 valence electrons. The number of piperazine rings is 1. The highest BCUT2D eigenvalue weighted by molar-refractivity contribution is 7.89. The molecule has 0 aliphatic carbocycles. The van der Waals surface area contributed by atoms with Gasteiger partial charge in [-0.25, -0.2) is 12.8 Å². The van der Waals surface area contributed by atoms with E-state index in [-0.39, 0.29) is 17.3 Å². The first-order valence-electron chi connectivity index (χ1n) is 11.1. The number of ether oxygens (including phenoxy) is 2. The van der Waals surface area contributed by atoms with Gasteiger partial charge >= 0.3 is 0 Å². The molecule has 1 atom stereocenters. The molecule has 0 spiro atoms. The Kier molecular flexibility index (Phi) is 7.82. The first kappa shape index (κ1) is 23.9. The number of hydrogen-bond acceptors (Lipinski definition) is 7. The molecule has 2 saturated heterocycles. The summed E-state index contributed by atoms with van der Waals surface area (Å²) in [6, 6.07) is 12.8. The molecule has 0 amide bonds. The van der Waals surface area contributed by atoms with Crippen LogP contribution in [0.2, 0.25) is 0 Å². The number of aliphatic hydroxyl groups excluding tert-OH is 1. The maximum absolute atomic E-state index is 13.1. The van der Waals surface area contributed by atoms with Gasteiger partial charge in [0.05, 0.1) is 18.1 Å². The Morgan fingerprint density at radius 3 is 2.21 bits per heavy atom. The second-order valence-corrected chi connectivity index (χ2v) is 10.2. The summed E-state index contributed by atoms with van der Waals surface area (Å²) in [6.45, 7) is 5.31. The largest absolute Gasteiger partial charge is 0.491 e. The fourth-order valence-corrected chi connectivity index (χ4v) is 5.44. The Hall–Kier alpha value is -2.24. The van der Waals surface area contributed by atoms with Crippen molar-refractivity contribution in [2.75, 3.05) is 70.5 Å². The minimum Gasteiger partial charge on any atom is -0.491 e. The molecule has 2 fully saturated rings. The highest BCUT2D eigenvalue weighted by Gasteiger charge is 2.26. The lowest BCUT2D eigenvalue weighted by molar-refractivity contribution is 0.0663. The minimum atomic E-state index is -3.54. The standard InChI is InChI=1S/C23H30FN3O5S/c24-19-1-3-20(4-2-19)26-11-9-25(10-12-26)17-21(28)18-32-22-5-7-23(8-6-22)33(29,30)27-13-15-31-16-14-27/h1-8,21,28H,9-18H2/t21-/m1/s1. The molecule has 10 heteroatoms. The summed E-state index contributed by atoms with van der Waals surface area (Å²) in [5.74, 6) is 0.269. The fraction of sp³-hybridized carbons (Fsp3) is 0.478. The molecule has 0 saturated carbocycles. The number of halogens is 1. The van der Waals surface area contributed by atoms with Gasteiger partial charge in [-0.05, 0) is 48.5 Å². The zero-order chi connectivity index (χ0) is 23.3. The van der Waals surface area contributed by atoms with Crippen molar-refractivity contribution in [3.8, 4) is 5.75 Å². The van der Waals surface area contributed by atoms with Crippen molar-refractivity contribution in [3.05, 3.63) is 54.3 Å². The van der Waals surface area contributed by atoms with Crippen molar-refractivity contribution in [2.45, 2.75) is 11.0 Å². The van der Waals surface area contributed by atoms with Crippen LogP contribution in [0.4, 0.5) is 10.1 Å². The minimum absolute atomic E-state index is 0.119. The van der Waals surface area contributed by atoms with Gasteiger partial charge in [-0.2, -0.15) is 4.31 Å². The smallest absolute Gasteiger partial charge is 0.243 e. The molecule has 8 nitrogen and oxygen atoms in total. The number of hydrogen-bond donors (Lipinski definition) is 1. The van der Waals surface area contributed by atoms with E-state index in [1.165, 1.54) is 28.6 Å². The van der Waals surface area contributed by atoms with Gasteiger partial charge in [-0.15, -0.1) is 0 Å². The van der Waals surface area contributed by atoms with Gasteiger partial charge < -0.3 is 19.5 Å². The molecule has 1 N–H and O–H groups in total. The van der Waals surface area contributed by atoms with Crippen molar-refractivity contribution in [2.24, 2.45) is 0 Å². The Labute approximate surface area is 194 Å². The average molecular weight is 480 g/mol. The van der Waals surface area contributed by atoms with Gasteiger partial charge in [0, 0.05) is 51.5 Å². The quantitative estimate of drug-likeness (QED) is 0.613. The van der Waals surface area contributed by atoms with Crippen LogP contribution < -0.4 is 9.64 Å². The van der Waals surface area contributed by atoms with Crippen molar-refractivity contribution in [1.29, 1.82) is 0 Å². The molecule has 33 heavy (non-hydrogen) atoms. The number of benzene rings is 2. The number of sulfonamides is 1. The Morgan fingerprint density at radius 1 is 0.939 bits per heavy atom. The van der Waals surface area contributed by atoms with E-state index in [1.807, 2.05) is 0 Å². The normalized spacial score (nSPS) is 19.4. The highest BCUT2D eigenvalue weighted by Crippen LogP contribution is 2.21. The van der Waals surface area contributed by atoms with Gasteiger partial charge in [0.2, 0.25) is 10.0 Å². The summed E-state index contributed by atoms with van der Waals surface area (Å²) in [6.07, 6.45) is -0.667. The second kappa shape index (κ2) is 10.8. The van der Waals surface area contributed by atoms with Crippen LogP contribution in [-0.4, -0.2) is 94.5 Å². The van der Waals surface area contributed by atoms with E-state index < -0.39 is 16.1 Å². The van der Waals surface area contributed by atoms with Crippen molar-refractivity contribution in [1.82, 2.24) is 9.21 Å². The predicted molar refractivity (Wildman–Crippen MR) is 123 cm³/mol. The van der Waals surface area contributed by atoms with Crippen LogP contribution in [0.1, 0.15) is 0 Å². The van der Waals surface area contributed by atoms with Crippen molar-refractivity contribution < 1.29 is 27.4 Å². The zero-order valence-electron chi connectivity index (χ0n) is 18.5. The molecular formula is C23H30FN3O5S. The summed E-state index contributed by atoms with van der Waals surface area (Å²) < 4.78 is 50.8. The van der Waals surface area contributed by atoms with Gasteiger partial charge in [0.25, 0.3) is 0 Å². The Balaban J connectivity index is 1.21. The van der Waals surface area contributed by atoms with Crippen LogP contribution in [0.15, 0.2) is 53.4 Å². The van der Waals surface area contributed by atoms with E-state index in [2.05, 4.69) is 9.80 Å². The van der Waals surface area contributed by atoms with Gasteiger partial charge in [-0.3, -0.25) is 4.90 Å². The van der Waals surface area contributed by atoms with Gasteiger partial charge in [0.15, 0.2) is 0 Å². The first-order valence-corrected chi connectivity index (χ1v) is 12.6. The number of anilines is 1. The third kappa shape index (κ3) is 6.21. The highest BCUT2D eigenvalue weighted by atomic mass is 32.2. The summed E-state index contributed by atoms with van der Waals surface area (Å²) in [5.41, 5.74) is 0.999. The first-order chi connectivity index (χ1) is 15.9. The lowest BCUT2D eigenvalue weighted by atomic mass is 10.2. The van der Waals surface area contributed by atoms with Crippen LogP contribution in [0.25, 0.3) is 0 Å². The lowest BCUT2D eigenvalue weighted by Crippen LogP contribution is -2.49. The third-order valence-corrected chi connectivity index (χ3v) is 7.82. The van der Waals surface area contributed by atoms with Crippen molar-refractivity contribution >= 4 is 15.7 Å². The summed E-state index contributed by atoms with van der Waals surface area (Å²) in [4.78, 5) is 4.59. The second-order valence-electron chi connectivity index (χ2n) is 8.22.